The molecule has 0 aromatic heterocycles. The lowest BCUT2D eigenvalue weighted by Crippen LogP contribution is -2.26. The highest BCUT2D eigenvalue weighted by molar-refractivity contribution is 5.92. The fourth-order valence-corrected chi connectivity index (χ4v) is 1.69. The quantitative estimate of drug-likeness (QED) is 0.775. The maximum absolute atomic E-state index is 10.8. The number of carbonyl (C=O) groups excluding carboxylic acids is 1. The van der Waals surface area contributed by atoms with Gasteiger partial charge in [0.05, 0.1) is 29.5 Å². The van der Waals surface area contributed by atoms with Gasteiger partial charge in [-0.1, -0.05) is 0 Å². The fourth-order valence-electron chi connectivity index (χ4n) is 1.69. The first-order chi connectivity index (χ1) is 8.22. The molecule has 0 atom stereocenters. The van der Waals surface area contributed by atoms with Crippen LogP contribution in [0.2, 0.25) is 0 Å². The van der Waals surface area contributed by atoms with Crippen LogP contribution in [0, 0.1) is 0 Å². The van der Waals surface area contributed by atoms with Crippen LogP contribution in [0.4, 0.5) is 11.4 Å². The molecular weight excluding hydrogens is 218 g/mol. The molecule has 2 heterocycles. The number of aliphatic imine (C=N–C) groups is 1. The Labute approximate surface area is 96.5 Å². The van der Waals surface area contributed by atoms with Gasteiger partial charge in [-0.15, -0.1) is 0 Å². The molecule has 0 spiro atoms. The molecule has 1 aromatic rings. The molecule has 1 amide bonds. The highest BCUT2D eigenvalue weighted by Gasteiger charge is 2.11. The van der Waals surface area contributed by atoms with Crippen LogP contribution in [-0.2, 0) is 4.79 Å². The van der Waals surface area contributed by atoms with Crippen molar-refractivity contribution in [3.63, 3.8) is 0 Å². The van der Waals surface area contributed by atoms with Gasteiger partial charge in [-0.2, -0.15) is 10.2 Å². The Balaban J connectivity index is 1.94. The number of hydrogen-bond acceptors (Lipinski definition) is 5. The molecule has 6 heteroatoms. The minimum absolute atomic E-state index is 0.0940. The van der Waals surface area contributed by atoms with E-state index < -0.39 is 0 Å². The van der Waals surface area contributed by atoms with Crippen molar-refractivity contribution in [3.8, 4) is 0 Å². The standard InChI is InChI=1S/C11H9N5O/c1-6(17)12-5-11-14-9-2-7-4-13-16-8(7)3-10(9)15-11/h2-4H,5H2,1H3,(H,12,17). The predicted octanol–water partition coefficient (Wildman–Crippen LogP) is 0.321. The minimum Gasteiger partial charge on any atom is -0.349 e. The second-order valence-corrected chi connectivity index (χ2v) is 3.79. The first-order valence-corrected chi connectivity index (χ1v) is 5.18. The summed E-state index contributed by atoms with van der Waals surface area (Å²) in [5.74, 6) is 0.513. The van der Waals surface area contributed by atoms with Crippen LogP contribution in [0.5, 0.6) is 0 Å². The summed E-state index contributed by atoms with van der Waals surface area (Å²) in [5, 5.41) is 12.2. The van der Waals surface area contributed by atoms with Gasteiger partial charge in [0.25, 0.3) is 0 Å². The van der Waals surface area contributed by atoms with Gasteiger partial charge in [0.15, 0.2) is 0 Å². The maximum atomic E-state index is 10.8. The summed E-state index contributed by atoms with van der Waals surface area (Å²) in [6.45, 7) is 1.81. The Morgan fingerprint density at radius 3 is 3.00 bits per heavy atom. The number of fused-ring (bicyclic) bond motifs is 2. The molecule has 17 heavy (non-hydrogen) atoms. The van der Waals surface area contributed by atoms with Crippen molar-refractivity contribution >= 4 is 29.3 Å². The van der Waals surface area contributed by atoms with Gasteiger partial charge in [0.2, 0.25) is 5.91 Å². The van der Waals surface area contributed by atoms with E-state index in [1.165, 1.54) is 6.92 Å². The first-order valence-electron chi connectivity index (χ1n) is 5.18. The van der Waals surface area contributed by atoms with Crippen molar-refractivity contribution < 1.29 is 4.79 Å². The third-order valence-electron chi connectivity index (χ3n) is 2.48. The summed E-state index contributed by atoms with van der Waals surface area (Å²) in [7, 11) is 0. The van der Waals surface area contributed by atoms with Gasteiger partial charge in [0.1, 0.15) is 5.84 Å². The Morgan fingerprint density at radius 1 is 1.29 bits per heavy atom. The molecule has 84 valence electrons. The fraction of sp³-hybridized carbons (Fsp3) is 0.182. The lowest BCUT2D eigenvalue weighted by Gasteiger charge is -1.97. The molecule has 2 aliphatic rings. The summed E-state index contributed by atoms with van der Waals surface area (Å²) in [5.41, 5.74) is 1.61. The molecule has 6 nitrogen and oxygen atoms in total. The minimum atomic E-state index is -0.0940. The van der Waals surface area contributed by atoms with E-state index in [0.29, 0.717) is 12.4 Å². The zero-order chi connectivity index (χ0) is 11.8. The molecule has 0 fully saturated rings. The lowest BCUT2D eigenvalue weighted by molar-refractivity contribution is -0.118. The van der Waals surface area contributed by atoms with E-state index >= 15 is 0 Å². The zero-order valence-electron chi connectivity index (χ0n) is 9.14. The average Bonchev–Trinajstić information content (AvgIpc) is 2.87. The maximum Gasteiger partial charge on any atom is 0.217 e. The number of rotatable bonds is 2. The van der Waals surface area contributed by atoms with Gasteiger partial charge in [-0.25, -0.2) is 9.98 Å². The van der Waals surface area contributed by atoms with Gasteiger partial charge >= 0.3 is 0 Å². The molecule has 0 unspecified atom stereocenters. The molecule has 3 rings (SSSR count). The van der Waals surface area contributed by atoms with E-state index in [1.54, 1.807) is 6.20 Å². The smallest absolute Gasteiger partial charge is 0.217 e. The Kier molecular flexibility index (Phi) is 2.07. The number of nitrogens with zero attached hydrogens (tertiary/aromatic N) is 4. The van der Waals surface area contributed by atoms with E-state index in [2.05, 4.69) is 25.5 Å². The van der Waals surface area contributed by atoms with Crippen molar-refractivity contribution in [2.24, 2.45) is 20.2 Å². The highest BCUT2D eigenvalue weighted by atomic mass is 16.1. The molecule has 0 saturated heterocycles. The van der Waals surface area contributed by atoms with E-state index in [1.807, 2.05) is 12.1 Å². The molecule has 2 aliphatic heterocycles. The van der Waals surface area contributed by atoms with Crippen molar-refractivity contribution in [1.29, 1.82) is 0 Å². The van der Waals surface area contributed by atoms with Gasteiger partial charge in [-0.3, -0.25) is 4.79 Å². The summed E-state index contributed by atoms with van der Waals surface area (Å²) in [6, 6.07) is 3.75. The monoisotopic (exact) mass is 227 g/mol. The average molecular weight is 227 g/mol. The molecule has 1 aromatic carbocycles. The largest absolute Gasteiger partial charge is 0.349 e. The van der Waals surface area contributed by atoms with Crippen LogP contribution in [0.15, 0.2) is 32.3 Å². The molecule has 0 radical (unpaired) electrons. The number of benzene rings is 1. The van der Waals surface area contributed by atoms with Crippen LogP contribution in [-0.4, -0.2) is 18.3 Å². The Morgan fingerprint density at radius 2 is 2.18 bits per heavy atom. The second-order valence-electron chi connectivity index (χ2n) is 3.79. The van der Waals surface area contributed by atoms with E-state index in [0.717, 1.165) is 22.0 Å². The second kappa shape index (κ2) is 3.58. The molecule has 0 bridgehead atoms. The molecular formula is C11H9N5O. The predicted molar refractivity (Wildman–Crippen MR) is 62.0 cm³/mol. The van der Waals surface area contributed by atoms with Crippen LogP contribution in [0.3, 0.4) is 0 Å². The third kappa shape index (κ3) is 1.73. The molecule has 1 N–H and O–H groups in total. The van der Waals surface area contributed by atoms with Crippen LogP contribution in [0.25, 0.3) is 6.20 Å². The third-order valence-corrected chi connectivity index (χ3v) is 2.48. The van der Waals surface area contributed by atoms with Crippen molar-refractivity contribution in [2.75, 3.05) is 6.54 Å². The number of hydrogen-bond donors (Lipinski definition) is 1. The highest BCUT2D eigenvalue weighted by Crippen LogP contribution is 2.15. The normalized spacial score (nSPS) is 14.5. The summed E-state index contributed by atoms with van der Waals surface area (Å²) in [6.07, 6.45) is 1.69. The SMILES string of the molecule is CC(=O)NCC1=Nc2cc3c(cc2=N1)N=NC=3. The van der Waals surface area contributed by atoms with Gasteiger partial charge in [-0.05, 0) is 12.1 Å². The van der Waals surface area contributed by atoms with Crippen LogP contribution >= 0.6 is 0 Å². The number of carbonyl (C=O) groups is 1. The number of amides is 1. The Hall–Kier alpha value is -2.37. The van der Waals surface area contributed by atoms with E-state index in [4.69, 9.17) is 0 Å². The number of amidine groups is 1. The lowest BCUT2D eigenvalue weighted by atomic mass is 10.2. The van der Waals surface area contributed by atoms with Crippen LogP contribution in [0.1, 0.15) is 6.92 Å². The Bertz CT molecular complexity index is 687. The first kappa shape index (κ1) is 9.83. The van der Waals surface area contributed by atoms with Crippen molar-refractivity contribution in [1.82, 2.24) is 5.32 Å². The molecule has 0 aliphatic carbocycles. The number of azo groups is 1. The summed E-state index contributed by atoms with van der Waals surface area (Å²) < 4.78 is 0. The van der Waals surface area contributed by atoms with Gasteiger partial charge < -0.3 is 5.32 Å². The molecule has 0 saturated carbocycles. The zero-order valence-corrected chi connectivity index (χ0v) is 9.14. The summed E-state index contributed by atoms with van der Waals surface area (Å²) in [4.78, 5) is 19.5. The van der Waals surface area contributed by atoms with Crippen LogP contribution < -0.4 is 15.9 Å². The van der Waals surface area contributed by atoms with Gasteiger partial charge in [0, 0.05) is 12.1 Å². The van der Waals surface area contributed by atoms with E-state index in [9.17, 15) is 4.79 Å². The van der Waals surface area contributed by atoms with Crippen molar-refractivity contribution in [2.45, 2.75) is 6.92 Å². The topological polar surface area (TPSA) is 78.5 Å². The number of nitrogens with one attached hydrogen (secondary N) is 1. The van der Waals surface area contributed by atoms with Crippen molar-refractivity contribution in [3.05, 3.63) is 22.7 Å². The van der Waals surface area contributed by atoms with E-state index in [-0.39, 0.29) is 5.91 Å². The summed E-state index contributed by atoms with van der Waals surface area (Å²) >= 11 is 0.